The fraction of sp³-hybridized carbons (Fsp3) is 0.500. The summed E-state index contributed by atoms with van der Waals surface area (Å²) in [6.45, 7) is 3.58. The summed E-state index contributed by atoms with van der Waals surface area (Å²) in [6.07, 6.45) is 5.33. The van der Waals surface area contributed by atoms with E-state index >= 15 is 0 Å². The number of nitriles is 1. The van der Waals surface area contributed by atoms with Crippen LogP contribution in [-0.2, 0) is 14.3 Å². The lowest BCUT2D eigenvalue weighted by atomic mass is 9.92. The standard InChI is InChI=1S/C26H34N8O4/c1-31-8-9-33(24(36)16-31)15-19-11-18-5-4-7-34(25(18)32(2)22(19)17-35)26(37)30-23-12-21(28-6-10-38-3)20(13-27)14-29-23/h11-12,14,17,25H,4-10,15-16H2,1-3H3,(H2,28,29,30,37). The number of anilines is 2. The number of nitrogens with one attached hydrogen (secondary N) is 2. The molecule has 38 heavy (non-hydrogen) atoms. The summed E-state index contributed by atoms with van der Waals surface area (Å²) in [5.74, 6) is 0.347. The van der Waals surface area contributed by atoms with Crippen molar-refractivity contribution in [2.24, 2.45) is 0 Å². The Morgan fingerprint density at radius 1 is 1.32 bits per heavy atom. The van der Waals surface area contributed by atoms with Gasteiger partial charge in [-0.2, -0.15) is 5.26 Å². The third-order valence-corrected chi connectivity index (χ3v) is 7.05. The number of likely N-dealkylation sites (tertiary alicyclic amines) is 1. The van der Waals surface area contributed by atoms with Crippen LogP contribution in [0, 0.1) is 11.3 Å². The van der Waals surface area contributed by atoms with Gasteiger partial charge in [-0.25, -0.2) is 9.78 Å². The molecule has 1 unspecified atom stereocenters. The first-order valence-corrected chi connectivity index (χ1v) is 12.6. The second-order valence-electron chi connectivity index (χ2n) is 9.66. The number of aromatic nitrogens is 1. The molecular formula is C26H34N8O4. The largest absolute Gasteiger partial charge is 0.383 e. The number of piperazine rings is 1. The van der Waals surface area contributed by atoms with E-state index < -0.39 is 6.17 Å². The van der Waals surface area contributed by atoms with Gasteiger partial charge in [0.15, 0.2) is 6.29 Å². The SMILES string of the molecule is COCCNc1cc(NC(=O)N2CCCC3=CC(CN4CCN(C)CC4=O)=C(C=O)N(C)C32)ncc1C#N. The van der Waals surface area contributed by atoms with Gasteiger partial charge in [0.05, 0.1) is 30.1 Å². The second-order valence-corrected chi connectivity index (χ2v) is 9.66. The molecular weight excluding hydrogens is 488 g/mol. The Morgan fingerprint density at radius 3 is 2.84 bits per heavy atom. The molecule has 202 valence electrons. The summed E-state index contributed by atoms with van der Waals surface area (Å²) in [5, 5.41) is 15.4. The zero-order chi connectivity index (χ0) is 27.2. The molecule has 12 heteroatoms. The van der Waals surface area contributed by atoms with E-state index in [4.69, 9.17) is 4.74 Å². The number of urea groups is 1. The molecule has 3 aliphatic heterocycles. The fourth-order valence-corrected chi connectivity index (χ4v) is 5.09. The maximum absolute atomic E-state index is 13.4. The number of nitrogens with zero attached hydrogens (tertiary/aromatic N) is 6. The van der Waals surface area contributed by atoms with Crippen LogP contribution in [0.5, 0.6) is 0 Å². The van der Waals surface area contributed by atoms with E-state index in [1.54, 1.807) is 30.0 Å². The van der Waals surface area contributed by atoms with E-state index in [0.29, 0.717) is 62.1 Å². The lowest BCUT2D eigenvalue weighted by Gasteiger charge is -2.46. The van der Waals surface area contributed by atoms with Gasteiger partial charge in [0, 0.05) is 59.1 Å². The van der Waals surface area contributed by atoms with E-state index in [1.807, 2.05) is 22.9 Å². The second kappa shape index (κ2) is 12.1. The number of hydrogen-bond donors (Lipinski definition) is 2. The number of allylic oxidation sites excluding steroid dienone is 1. The van der Waals surface area contributed by atoms with Gasteiger partial charge < -0.3 is 24.8 Å². The molecule has 0 bridgehead atoms. The topological polar surface area (TPSA) is 134 Å². The van der Waals surface area contributed by atoms with Crippen LogP contribution in [0.1, 0.15) is 18.4 Å². The quantitative estimate of drug-likeness (QED) is 0.380. The van der Waals surface area contributed by atoms with Gasteiger partial charge in [0.25, 0.3) is 0 Å². The Morgan fingerprint density at radius 2 is 2.13 bits per heavy atom. The van der Waals surface area contributed by atoms with E-state index in [2.05, 4.69) is 21.7 Å². The number of fused-ring (bicyclic) bond motifs is 1. The van der Waals surface area contributed by atoms with Crippen LogP contribution >= 0.6 is 0 Å². The van der Waals surface area contributed by atoms with Gasteiger partial charge in [-0.15, -0.1) is 0 Å². The molecule has 1 atom stereocenters. The highest BCUT2D eigenvalue weighted by molar-refractivity contribution is 5.90. The Bertz CT molecular complexity index is 1190. The Labute approximate surface area is 222 Å². The number of methoxy groups -OCH3 is 1. The van der Waals surface area contributed by atoms with Crippen molar-refractivity contribution in [1.29, 1.82) is 5.26 Å². The van der Waals surface area contributed by atoms with Crippen molar-refractivity contribution in [1.82, 2.24) is 24.6 Å². The molecule has 4 rings (SSSR count). The maximum atomic E-state index is 13.4. The molecule has 3 amide bonds. The number of amides is 3. The average Bonchev–Trinajstić information content (AvgIpc) is 2.90. The van der Waals surface area contributed by atoms with Crippen molar-refractivity contribution in [3.05, 3.63) is 40.7 Å². The Kier molecular flexibility index (Phi) is 8.60. The highest BCUT2D eigenvalue weighted by Gasteiger charge is 2.38. The number of carbonyl (C=O) groups is 3. The molecule has 2 saturated heterocycles. The van der Waals surface area contributed by atoms with E-state index in [1.165, 1.54) is 6.20 Å². The fourth-order valence-electron chi connectivity index (χ4n) is 5.09. The van der Waals surface area contributed by atoms with Crippen molar-refractivity contribution in [2.75, 3.05) is 77.7 Å². The summed E-state index contributed by atoms with van der Waals surface area (Å²) in [6, 6.07) is 3.36. The normalized spacial score (nSPS) is 20.1. The summed E-state index contributed by atoms with van der Waals surface area (Å²) in [4.78, 5) is 49.6. The minimum absolute atomic E-state index is 0.0373. The number of aldehydes is 1. The molecule has 0 saturated carbocycles. The Hall–Kier alpha value is -3.95. The van der Waals surface area contributed by atoms with E-state index in [9.17, 15) is 19.6 Å². The highest BCUT2D eigenvalue weighted by atomic mass is 16.5. The van der Waals surface area contributed by atoms with Crippen molar-refractivity contribution < 1.29 is 19.1 Å². The zero-order valence-corrected chi connectivity index (χ0v) is 22.1. The van der Waals surface area contributed by atoms with Crippen LogP contribution in [-0.4, -0.2) is 116 Å². The first kappa shape index (κ1) is 27.1. The summed E-state index contributed by atoms with van der Waals surface area (Å²) in [7, 11) is 5.31. The molecule has 12 nitrogen and oxygen atoms in total. The number of pyridine rings is 1. The Balaban J connectivity index is 1.51. The first-order valence-electron chi connectivity index (χ1n) is 12.6. The summed E-state index contributed by atoms with van der Waals surface area (Å²) >= 11 is 0. The van der Waals surface area contributed by atoms with Crippen LogP contribution in [0.4, 0.5) is 16.3 Å². The predicted octanol–water partition coefficient (Wildman–Crippen LogP) is 1.06. The summed E-state index contributed by atoms with van der Waals surface area (Å²) < 4.78 is 5.05. The third kappa shape index (κ3) is 5.79. The van der Waals surface area contributed by atoms with Crippen LogP contribution < -0.4 is 10.6 Å². The number of piperidine rings is 1. The molecule has 1 aromatic heterocycles. The lowest BCUT2D eigenvalue weighted by molar-refractivity contribution is -0.134. The smallest absolute Gasteiger partial charge is 0.324 e. The van der Waals surface area contributed by atoms with Crippen molar-refractivity contribution >= 4 is 29.7 Å². The van der Waals surface area contributed by atoms with E-state index in [0.717, 1.165) is 36.8 Å². The monoisotopic (exact) mass is 522 g/mol. The number of ether oxygens (including phenoxy) is 1. The summed E-state index contributed by atoms with van der Waals surface area (Å²) in [5.41, 5.74) is 3.19. The molecule has 1 aromatic rings. The van der Waals surface area contributed by atoms with Crippen molar-refractivity contribution in [3.63, 3.8) is 0 Å². The molecule has 2 fully saturated rings. The van der Waals surface area contributed by atoms with Crippen molar-refractivity contribution in [2.45, 2.75) is 19.0 Å². The molecule has 0 aromatic carbocycles. The van der Waals surface area contributed by atoms with Crippen LogP contribution in [0.2, 0.25) is 0 Å². The van der Waals surface area contributed by atoms with Gasteiger partial charge in [-0.3, -0.25) is 19.8 Å². The average molecular weight is 523 g/mol. The number of carbonyl (C=O) groups excluding carboxylic acids is 3. The van der Waals surface area contributed by atoms with Crippen LogP contribution in [0.25, 0.3) is 0 Å². The maximum Gasteiger partial charge on any atom is 0.324 e. The minimum Gasteiger partial charge on any atom is -0.383 e. The molecule has 0 spiro atoms. The minimum atomic E-state index is -0.423. The van der Waals surface area contributed by atoms with Gasteiger partial charge in [0.2, 0.25) is 5.91 Å². The lowest BCUT2D eigenvalue weighted by Crippen LogP contribution is -2.56. The van der Waals surface area contributed by atoms with Gasteiger partial charge in [0.1, 0.15) is 18.1 Å². The molecule has 0 radical (unpaired) electrons. The van der Waals surface area contributed by atoms with Gasteiger partial charge in [-0.05, 0) is 31.0 Å². The highest BCUT2D eigenvalue weighted by Crippen LogP contribution is 2.34. The number of rotatable bonds is 8. The number of hydrogen-bond acceptors (Lipinski definition) is 9. The molecule has 4 heterocycles. The van der Waals surface area contributed by atoms with Gasteiger partial charge >= 0.3 is 6.03 Å². The number of likely N-dealkylation sites (N-methyl/N-ethyl adjacent to an activating group) is 2. The molecule has 2 N–H and O–H groups in total. The molecule has 0 aliphatic carbocycles. The van der Waals surface area contributed by atoms with Crippen molar-refractivity contribution in [3.8, 4) is 6.07 Å². The van der Waals surface area contributed by atoms with Gasteiger partial charge in [-0.1, -0.05) is 6.08 Å². The molecule has 3 aliphatic rings. The van der Waals surface area contributed by atoms with E-state index in [-0.39, 0.29) is 11.9 Å². The third-order valence-electron chi connectivity index (χ3n) is 7.05. The zero-order valence-electron chi connectivity index (χ0n) is 22.1. The first-order chi connectivity index (χ1) is 18.4. The van der Waals surface area contributed by atoms with Crippen LogP contribution in [0.3, 0.4) is 0 Å². The predicted molar refractivity (Wildman–Crippen MR) is 141 cm³/mol. The van der Waals surface area contributed by atoms with Crippen LogP contribution in [0.15, 0.2) is 35.2 Å².